The van der Waals surface area contributed by atoms with Gasteiger partial charge in [-0.15, -0.1) is 0 Å². The van der Waals surface area contributed by atoms with Gasteiger partial charge in [0.1, 0.15) is 5.82 Å². The van der Waals surface area contributed by atoms with Crippen LogP contribution in [0.4, 0.5) is 17.2 Å². The van der Waals surface area contributed by atoms with Crippen LogP contribution >= 0.6 is 11.6 Å². The molecule has 3 aliphatic heterocycles. The van der Waals surface area contributed by atoms with Gasteiger partial charge in [-0.05, 0) is 43.5 Å². The fourth-order valence-corrected chi connectivity index (χ4v) is 7.27. The molecule has 2 unspecified atom stereocenters. The second-order valence-electron chi connectivity index (χ2n) is 9.83. The summed E-state index contributed by atoms with van der Waals surface area (Å²) in [6.07, 6.45) is 3.80. The van der Waals surface area contributed by atoms with E-state index in [1.165, 1.54) is 5.69 Å². The van der Waals surface area contributed by atoms with Gasteiger partial charge in [-0.25, -0.2) is 4.98 Å². The molecule has 3 fully saturated rings. The summed E-state index contributed by atoms with van der Waals surface area (Å²) in [5, 5.41) is 14.3. The van der Waals surface area contributed by atoms with Crippen LogP contribution < -0.4 is 15.1 Å². The number of aryl methyl sites for hydroxylation is 1. The Morgan fingerprint density at radius 1 is 1.12 bits per heavy atom. The Kier molecular flexibility index (Phi) is 5.12. The lowest BCUT2D eigenvalue weighted by Gasteiger charge is -2.42. The van der Waals surface area contributed by atoms with Crippen molar-refractivity contribution in [3.8, 4) is 0 Å². The Morgan fingerprint density at radius 2 is 1.81 bits per heavy atom. The Bertz CT molecular complexity index is 1040. The highest BCUT2D eigenvalue weighted by Gasteiger charge is 2.42. The van der Waals surface area contributed by atoms with E-state index in [2.05, 4.69) is 33.3 Å². The highest BCUT2D eigenvalue weighted by molar-refractivity contribution is 7.85. The number of aliphatic hydroxyl groups is 1. The molecule has 3 atom stereocenters. The van der Waals surface area contributed by atoms with Crippen LogP contribution in [0.15, 0.2) is 35.2 Å². The number of hydrogen-bond acceptors (Lipinski definition) is 6. The molecule has 0 amide bonds. The minimum absolute atomic E-state index is 0.112. The van der Waals surface area contributed by atoms with Crippen LogP contribution in [-0.4, -0.2) is 58.4 Å². The van der Waals surface area contributed by atoms with Gasteiger partial charge in [-0.3, -0.25) is 4.21 Å². The third kappa shape index (κ3) is 3.49. The van der Waals surface area contributed by atoms with Crippen LogP contribution in [0.3, 0.4) is 0 Å². The predicted octanol–water partition coefficient (Wildman–Crippen LogP) is 3.30. The van der Waals surface area contributed by atoms with E-state index in [4.69, 9.17) is 16.6 Å². The zero-order chi connectivity index (χ0) is 21.9. The molecule has 0 radical (unpaired) electrons. The number of pyridine rings is 1. The van der Waals surface area contributed by atoms with Crippen molar-refractivity contribution in [3.63, 3.8) is 0 Å². The van der Waals surface area contributed by atoms with Crippen molar-refractivity contribution in [1.82, 2.24) is 4.98 Å². The first-order valence-corrected chi connectivity index (χ1v) is 13.3. The number of benzene rings is 1. The standard InChI is InChI=1S/C24H29ClN4O2S/c25-18-2-4-19(5-3-18)28-11-16-13-29(14-17(16)12-28)22-10-21(27-24(15-30)7-1-8-24)23-20(26-22)6-9-32(23)31/h2-5,10,16-17,30H,1,6-9,11-15H2,(H,26,27)/t16?,17?,32-/m0/s1. The van der Waals surface area contributed by atoms with Crippen molar-refractivity contribution in [2.24, 2.45) is 11.8 Å². The predicted molar refractivity (Wildman–Crippen MR) is 129 cm³/mol. The Hall–Kier alpha value is -1.83. The Balaban J connectivity index is 1.22. The number of anilines is 3. The third-order valence-corrected chi connectivity index (χ3v) is 9.53. The lowest BCUT2D eigenvalue weighted by molar-refractivity contribution is 0.144. The Morgan fingerprint density at radius 3 is 2.44 bits per heavy atom. The van der Waals surface area contributed by atoms with Crippen molar-refractivity contribution in [2.45, 2.75) is 36.1 Å². The molecule has 6 nitrogen and oxygen atoms in total. The van der Waals surface area contributed by atoms with Crippen molar-refractivity contribution >= 4 is 39.6 Å². The number of nitrogens with one attached hydrogen (secondary N) is 1. The summed E-state index contributed by atoms with van der Waals surface area (Å²) in [5.74, 6) is 2.86. The maximum absolute atomic E-state index is 12.7. The number of aromatic nitrogens is 1. The number of fused-ring (bicyclic) bond motifs is 2. The van der Waals surface area contributed by atoms with Gasteiger partial charge in [0.15, 0.2) is 0 Å². The summed E-state index contributed by atoms with van der Waals surface area (Å²) < 4.78 is 12.7. The molecule has 2 saturated heterocycles. The molecule has 4 aliphatic rings. The largest absolute Gasteiger partial charge is 0.394 e. The highest BCUT2D eigenvalue weighted by Crippen LogP contribution is 2.41. The molecular formula is C24H29ClN4O2S. The van der Waals surface area contributed by atoms with Gasteiger partial charge in [0.2, 0.25) is 0 Å². The van der Waals surface area contributed by atoms with Crippen LogP contribution in [0.2, 0.25) is 5.02 Å². The number of nitrogens with zero attached hydrogens (tertiary/aromatic N) is 3. The summed E-state index contributed by atoms with van der Waals surface area (Å²) in [5.41, 5.74) is 2.87. The van der Waals surface area contributed by atoms with Gasteiger partial charge >= 0.3 is 0 Å². The van der Waals surface area contributed by atoms with Crippen molar-refractivity contribution in [2.75, 3.05) is 53.7 Å². The topological polar surface area (TPSA) is 68.7 Å². The molecule has 32 heavy (non-hydrogen) atoms. The molecule has 0 bridgehead atoms. The normalized spacial score (nSPS) is 27.9. The molecule has 8 heteroatoms. The van der Waals surface area contributed by atoms with Crippen LogP contribution in [0, 0.1) is 11.8 Å². The van der Waals surface area contributed by atoms with E-state index in [9.17, 15) is 9.32 Å². The van der Waals surface area contributed by atoms with E-state index in [0.717, 1.165) is 79.0 Å². The molecule has 1 saturated carbocycles. The molecular weight excluding hydrogens is 444 g/mol. The summed E-state index contributed by atoms with van der Waals surface area (Å²) in [4.78, 5) is 10.7. The van der Waals surface area contributed by atoms with Gasteiger partial charge in [-0.1, -0.05) is 11.6 Å². The number of aliphatic hydroxyl groups excluding tert-OH is 1. The first kappa shape index (κ1) is 20.8. The van der Waals surface area contributed by atoms with Crippen molar-refractivity contribution < 1.29 is 9.32 Å². The van der Waals surface area contributed by atoms with Gasteiger partial charge in [0, 0.05) is 67.0 Å². The molecule has 170 valence electrons. The minimum Gasteiger partial charge on any atom is -0.394 e. The summed E-state index contributed by atoms with van der Waals surface area (Å²) in [6, 6.07) is 10.2. The average Bonchev–Trinajstić information content (AvgIpc) is 3.44. The fraction of sp³-hybridized carbons (Fsp3) is 0.542. The van der Waals surface area contributed by atoms with E-state index in [1.54, 1.807) is 0 Å². The third-order valence-electron chi connectivity index (χ3n) is 7.80. The molecule has 0 spiro atoms. The second-order valence-corrected chi connectivity index (χ2v) is 11.8. The van der Waals surface area contributed by atoms with Crippen LogP contribution in [0.25, 0.3) is 0 Å². The highest BCUT2D eigenvalue weighted by atomic mass is 35.5. The first-order valence-electron chi connectivity index (χ1n) is 11.6. The minimum atomic E-state index is -1.01. The SMILES string of the molecule is O=[S@]1CCc2nc(N3CC4CN(c5ccc(Cl)cc5)CC4C3)cc(NC3(CO)CCC3)c21. The van der Waals surface area contributed by atoms with E-state index in [-0.39, 0.29) is 12.1 Å². The molecule has 1 aromatic carbocycles. The van der Waals surface area contributed by atoms with Gasteiger partial charge in [-0.2, -0.15) is 0 Å². The van der Waals surface area contributed by atoms with Gasteiger partial charge in [0.25, 0.3) is 0 Å². The average molecular weight is 473 g/mol. The van der Waals surface area contributed by atoms with Crippen LogP contribution in [-0.2, 0) is 17.2 Å². The van der Waals surface area contributed by atoms with E-state index >= 15 is 0 Å². The lowest BCUT2D eigenvalue weighted by atomic mass is 9.77. The number of hydrogen-bond donors (Lipinski definition) is 2. The zero-order valence-electron chi connectivity index (χ0n) is 18.1. The van der Waals surface area contributed by atoms with Gasteiger partial charge < -0.3 is 20.2 Å². The number of halogens is 1. The molecule has 6 rings (SSSR count). The van der Waals surface area contributed by atoms with Crippen molar-refractivity contribution in [3.05, 3.63) is 41.0 Å². The smallest absolute Gasteiger partial charge is 0.130 e. The van der Waals surface area contributed by atoms with Gasteiger partial charge in [0.05, 0.1) is 39.2 Å². The summed E-state index contributed by atoms with van der Waals surface area (Å²) in [7, 11) is -1.01. The fourth-order valence-electron chi connectivity index (χ4n) is 5.80. The molecule has 4 heterocycles. The first-order chi connectivity index (χ1) is 15.5. The maximum atomic E-state index is 12.7. The van der Waals surface area contributed by atoms with Crippen LogP contribution in [0.1, 0.15) is 25.0 Å². The van der Waals surface area contributed by atoms with E-state index in [0.29, 0.717) is 17.6 Å². The van der Waals surface area contributed by atoms with E-state index < -0.39 is 10.8 Å². The summed E-state index contributed by atoms with van der Waals surface area (Å²) >= 11 is 6.06. The number of rotatable bonds is 5. The summed E-state index contributed by atoms with van der Waals surface area (Å²) in [6.45, 7) is 4.20. The molecule has 1 aromatic heterocycles. The van der Waals surface area contributed by atoms with Crippen molar-refractivity contribution in [1.29, 1.82) is 0 Å². The molecule has 2 aromatic rings. The van der Waals surface area contributed by atoms with Crippen LogP contribution in [0.5, 0.6) is 0 Å². The maximum Gasteiger partial charge on any atom is 0.130 e. The van der Waals surface area contributed by atoms with E-state index in [1.807, 2.05) is 12.1 Å². The molecule has 1 aliphatic carbocycles. The monoisotopic (exact) mass is 472 g/mol. The second kappa shape index (κ2) is 7.89. The quantitative estimate of drug-likeness (QED) is 0.696. The lowest BCUT2D eigenvalue weighted by Crippen LogP contribution is -2.48. The zero-order valence-corrected chi connectivity index (χ0v) is 19.7. The molecule has 2 N–H and O–H groups in total. The Labute approximate surface area is 196 Å².